The molecule has 1 amide bonds. The number of halogens is 3. The van der Waals surface area contributed by atoms with E-state index < -0.39 is 45.6 Å². The highest BCUT2D eigenvalue weighted by molar-refractivity contribution is 7.89. The van der Waals surface area contributed by atoms with E-state index in [0.717, 1.165) is 15.9 Å². The van der Waals surface area contributed by atoms with E-state index in [9.17, 15) is 26.4 Å². The number of amides is 1. The van der Waals surface area contributed by atoms with E-state index in [1.807, 2.05) is 6.07 Å². The standard InChI is InChI=1S/C24H23F3N2O5S/c1-33-20-11-8-17(14-21(20)34-2)35(31,32)29(13-12-16-6-4-3-5-7-16)15-22(30)28-19-10-9-18(25)23(26)24(19)27/h3-11,14H,12-13,15H2,1-2H3,(H,28,30). The van der Waals surface area contributed by atoms with Gasteiger partial charge in [-0.3, -0.25) is 4.79 Å². The van der Waals surface area contributed by atoms with Crippen LogP contribution in [0.25, 0.3) is 0 Å². The van der Waals surface area contributed by atoms with Crippen molar-refractivity contribution in [3.05, 3.63) is 83.7 Å². The second-order valence-corrected chi connectivity index (χ2v) is 9.30. The van der Waals surface area contributed by atoms with Gasteiger partial charge in [0, 0.05) is 12.6 Å². The molecule has 3 rings (SSSR count). The third-order valence-electron chi connectivity index (χ3n) is 5.11. The number of sulfonamides is 1. The Morgan fingerprint density at radius 1 is 0.914 bits per heavy atom. The van der Waals surface area contributed by atoms with Crippen LogP contribution in [0.4, 0.5) is 18.9 Å². The Kier molecular flexibility index (Phi) is 8.36. The number of nitrogens with one attached hydrogen (secondary N) is 1. The van der Waals surface area contributed by atoms with Gasteiger partial charge in [0.05, 0.1) is 31.3 Å². The molecule has 0 spiro atoms. The number of carbonyl (C=O) groups is 1. The summed E-state index contributed by atoms with van der Waals surface area (Å²) in [5.41, 5.74) is 0.215. The fraction of sp³-hybridized carbons (Fsp3) is 0.208. The average Bonchev–Trinajstić information content (AvgIpc) is 2.86. The highest BCUT2D eigenvalue weighted by atomic mass is 32.2. The zero-order valence-electron chi connectivity index (χ0n) is 18.9. The lowest BCUT2D eigenvalue weighted by molar-refractivity contribution is -0.116. The van der Waals surface area contributed by atoms with Crippen molar-refractivity contribution in [2.45, 2.75) is 11.3 Å². The molecule has 0 saturated heterocycles. The molecular formula is C24H23F3N2O5S. The van der Waals surface area contributed by atoms with Crippen LogP contribution in [0.5, 0.6) is 11.5 Å². The van der Waals surface area contributed by atoms with Crippen LogP contribution in [0.3, 0.4) is 0 Å². The Labute approximate surface area is 201 Å². The summed E-state index contributed by atoms with van der Waals surface area (Å²) in [5.74, 6) is -5.20. The van der Waals surface area contributed by atoms with Crippen LogP contribution in [0.15, 0.2) is 65.6 Å². The minimum atomic E-state index is -4.23. The van der Waals surface area contributed by atoms with Crippen LogP contribution in [0.1, 0.15) is 5.56 Å². The molecule has 1 N–H and O–H groups in total. The molecule has 11 heteroatoms. The SMILES string of the molecule is COc1ccc(S(=O)(=O)N(CCc2ccccc2)CC(=O)Nc2ccc(F)c(F)c2F)cc1OC. The van der Waals surface area contributed by atoms with Crippen LogP contribution in [0, 0.1) is 17.5 Å². The molecule has 0 aliphatic rings. The predicted octanol–water partition coefficient (Wildman–Crippen LogP) is 3.99. The van der Waals surface area contributed by atoms with Gasteiger partial charge in [0.2, 0.25) is 15.9 Å². The first-order valence-corrected chi connectivity index (χ1v) is 11.8. The molecule has 0 atom stereocenters. The third-order valence-corrected chi connectivity index (χ3v) is 6.96. The number of methoxy groups -OCH3 is 2. The second-order valence-electron chi connectivity index (χ2n) is 7.36. The van der Waals surface area contributed by atoms with Gasteiger partial charge in [-0.25, -0.2) is 21.6 Å². The largest absolute Gasteiger partial charge is 0.493 e. The van der Waals surface area contributed by atoms with Gasteiger partial charge in [-0.1, -0.05) is 30.3 Å². The molecule has 186 valence electrons. The van der Waals surface area contributed by atoms with Crippen molar-refractivity contribution in [2.75, 3.05) is 32.6 Å². The van der Waals surface area contributed by atoms with E-state index in [4.69, 9.17) is 9.47 Å². The molecule has 0 bridgehead atoms. The third kappa shape index (κ3) is 6.11. The Balaban J connectivity index is 1.89. The molecule has 0 radical (unpaired) electrons. The van der Waals surface area contributed by atoms with Crippen molar-refractivity contribution in [1.29, 1.82) is 0 Å². The predicted molar refractivity (Wildman–Crippen MR) is 123 cm³/mol. The summed E-state index contributed by atoms with van der Waals surface area (Å²) in [6, 6.07) is 14.5. The van der Waals surface area contributed by atoms with E-state index in [-0.39, 0.29) is 23.6 Å². The van der Waals surface area contributed by atoms with E-state index in [0.29, 0.717) is 11.8 Å². The molecule has 35 heavy (non-hydrogen) atoms. The number of anilines is 1. The lowest BCUT2D eigenvalue weighted by atomic mass is 10.1. The Morgan fingerprint density at radius 2 is 1.60 bits per heavy atom. The van der Waals surface area contributed by atoms with Crippen molar-refractivity contribution < 1.29 is 35.9 Å². The summed E-state index contributed by atoms with van der Waals surface area (Å²) in [5, 5.41) is 2.10. The molecule has 0 fully saturated rings. The molecule has 0 aliphatic carbocycles. The van der Waals surface area contributed by atoms with Crippen LogP contribution in [-0.2, 0) is 21.2 Å². The summed E-state index contributed by atoms with van der Waals surface area (Å²) in [4.78, 5) is 12.5. The molecule has 0 unspecified atom stereocenters. The van der Waals surface area contributed by atoms with Crippen LogP contribution < -0.4 is 14.8 Å². The van der Waals surface area contributed by atoms with Gasteiger partial charge >= 0.3 is 0 Å². The average molecular weight is 509 g/mol. The van der Waals surface area contributed by atoms with Crippen molar-refractivity contribution in [1.82, 2.24) is 4.31 Å². The molecule has 0 heterocycles. The van der Waals surface area contributed by atoms with E-state index in [1.54, 1.807) is 24.3 Å². The summed E-state index contributed by atoms with van der Waals surface area (Å²) < 4.78 is 78.8. The highest BCUT2D eigenvalue weighted by Crippen LogP contribution is 2.31. The maximum atomic E-state index is 14.0. The normalized spacial score (nSPS) is 11.4. The van der Waals surface area contributed by atoms with Crippen LogP contribution in [0.2, 0.25) is 0 Å². The maximum absolute atomic E-state index is 14.0. The Morgan fingerprint density at radius 3 is 2.26 bits per heavy atom. The zero-order valence-corrected chi connectivity index (χ0v) is 19.7. The lowest BCUT2D eigenvalue weighted by Gasteiger charge is -2.22. The van der Waals surface area contributed by atoms with Gasteiger partial charge in [-0.2, -0.15) is 4.31 Å². The molecule has 0 aromatic heterocycles. The molecule has 0 aliphatic heterocycles. The minimum absolute atomic E-state index is 0.0889. The summed E-state index contributed by atoms with van der Waals surface area (Å²) >= 11 is 0. The maximum Gasteiger partial charge on any atom is 0.243 e. The Hall–Kier alpha value is -3.57. The second kappa shape index (κ2) is 11.2. The number of nitrogens with zero attached hydrogens (tertiary/aromatic N) is 1. The van der Waals surface area contributed by atoms with Crippen molar-refractivity contribution >= 4 is 21.6 Å². The molecule has 0 saturated carbocycles. The van der Waals surface area contributed by atoms with Gasteiger partial charge < -0.3 is 14.8 Å². The summed E-state index contributed by atoms with van der Waals surface area (Å²) in [7, 11) is -1.48. The number of carbonyl (C=O) groups excluding carboxylic acids is 1. The van der Waals surface area contributed by atoms with E-state index in [2.05, 4.69) is 5.32 Å². The van der Waals surface area contributed by atoms with E-state index >= 15 is 0 Å². The highest BCUT2D eigenvalue weighted by Gasteiger charge is 2.28. The van der Waals surface area contributed by atoms with Gasteiger partial charge in [0.25, 0.3) is 0 Å². The molecule has 3 aromatic rings. The first-order valence-electron chi connectivity index (χ1n) is 10.4. The summed E-state index contributed by atoms with van der Waals surface area (Å²) in [6.45, 7) is -0.795. The molecule has 7 nitrogen and oxygen atoms in total. The minimum Gasteiger partial charge on any atom is -0.493 e. The quantitative estimate of drug-likeness (QED) is 0.419. The van der Waals surface area contributed by atoms with Crippen molar-refractivity contribution in [3.8, 4) is 11.5 Å². The van der Waals surface area contributed by atoms with Crippen molar-refractivity contribution in [3.63, 3.8) is 0 Å². The number of ether oxygens (including phenoxy) is 2. The number of hydrogen-bond donors (Lipinski definition) is 1. The van der Waals surface area contributed by atoms with Gasteiger partial charge in [0.15, 0.2) is 29.0 Å². The van der Waals surface area contributed by atoms with Crippen molar-refractivity contribution in [2.24, 2.45) is 0 Å². The van der Waals surface area contributed by atoms with Gasteiger partial charge in [0.1, 0.15) is 0 Å². The molecule has 3 aromatic carbocycles. The first kappa shape index (κ1) is 26.0. The van der Waals surface area contributed by atoms with Gasteiger partial charge in [-0.15, -0.1) is 0 Å². The lowest BCUT2D eigenvalue weighted by Crippen LogP contribution is -2.39. The smallest absolute Gasteiger partial charge is 0.243 e. The van der Waals surface area contributed by atoms with E-state index in [1.165, 1.54) is 32.4 Å². The number of benzene rings is 3. The Bertz CT molecular complexity index is 1300. The fourth-order valence-corrected chi connectivity index (χ4v) is 4.69. The van der Waals surface area contributed by atoms with Crippen LogP contribution in [-0.4, -0.2) is 45.9 Å². The number of hydrogen-bond acceptors (Lipinski definition) is 5. The summed E-state index contributed by atoms with van der Waals surface area (Å²) in [6.07, 6.45) is 0.278. The molecular weight excluding hydrogens is 485 g/mol. The monoisotopic (exact) mass is 508 g/mol. The fourth-order valence-electron chi connectivity index (χ4n) is 3.28. The van der Waals surface area contributed by atoms with Gasteiger partial charge in [-0.05, 0) is 36.2 Å². The number of rotatable bonds is 10. The zero-order chi connectivity index (χ0) is 25.6. The van der Waals surface area contributed by atoms with Crippen LogP contribution >= 0.6 is 0 Å². The topological polar surface area (TPSA) is 84.9 Å². The first-order chi connectivity index (χ1) is 16.7.